The number of hydrogen-bond acceptors (Lipinski definition) is 6. The van der Waals surface area contributed by atoms with Crippen LogP contribution in [0.15, 0.2) is 48.5 Å². The van der Waals surface area contributed by atoms with Gasteiger partial charge in [-0.1, -0.05) is 24.3 Å². The summed E-state index contributed by atoms with van der Waals surface area (Å²) in [6, 6.07) is 16.4. The van der Waals surface area contributed by atoms with Gasteiger partial charge in [0, 0.05) is 17.5 Å². The van der Waals surface area contributed by atoms with Gasteiger partial charge >= 0.3 is 5.97 Å². The van der Waals surface area contributed by atoms with Crippen molar-refractivity contribution in [3.63, 3.8) is 0 Å². The van der Waals surface area contributed by atoms with E-state index in [4.69, 9.17) is 28.8 Å². The zero-order chi connectivity index (χ0) is 26.5. The molecule has 1 N–H and O–H groups in total. The van der Waals surface area contributed by atoms with Crippen LogP contribution >= 0.6 is 0 Å². The van der Waals surface area contributed by atoms with Crippen LogP contribution in [0.1, 0.15) is 46.6 Å². The van der Waals surface area contributed by atoms with Crippen LogP contribution in [0.25, 0.3) is 11.1 Å². The number of aliphatic carboxylic acids is 1. The highest BCUT2D eigenvalue weighted by Crippen LogP contribution is 2.44. The van der Waals surface area contributed by atoms with Gasteiger partial charge in [-0.25, -0.2) is 0 Å². The highest BCUT2D eigenvalue weighted by atomic mass is 16.7. The summed E-state index contributed by atoms with van der Waals surface area (Å²) in [5, 5.41) is 9.13. The van der Waals surface area contributed by atoms with E-state index in [9.17, 15) is 4.79 Å². The third-order valence-corrected chi connectivity index (χ3v) is 8.50. The molecule has 4 aliphatic rings. The van der Waals surface area contributed by atoms with Crippen molar-refractivity contribution in [1.29, 1.82) is 0 Å². The first kappa shape index (κ1) is 24.5. The smallest absolute Gasteiger partial charge is 0.304 e. The summed E-state index contributed by atoms with van der Waals surface area (Å²) in [4.78, 5) is 11.1. The zero-order valence-corrected chi connectivity index (χ0v) is 22.0. The van der Waals surface area contributed by atoms with Gasteiger partial charge in [0.15, 0.2) is 6.29 Å². The number of carbonyl (C=O) groups is 1. The minimum absolute atomic E-state index is 0.0561. The molecule has 0 bridgehead atoms. The summed E-state index contributed by atoms with van der Waals surface area (Å²) in [6.45, 7) is 4.33. The van der Waals surface area contributed by atoms with Gasteiger partial charge in [-0.15, -0.1) is 0 Å². The standard InChI is InChI=1S/C32H32O7/c1-18-11-28(39-29-17-38-32-26(29)9-10-35-32)24-7-8-25(24)31(18)20-4-2-3-19(12-20)15-36-22-5-6-23-21(13-30(33)34)16-37-27(23)14-22/h2-6,11-12,14,21,26,29,32H,7-10,13,15-17H2,1H3,(H,33,34)/t21-,26+,29?,32?/m1/s1. The van der Waals surface area contributed by atoms with Gasteiger partial charge in [0.05, 0.1) is 32.2 Å². The van der Waals surface area contributed by atoms with Crippen molar-refractivity contribution in [2.75, 3.05) is 19.8 Å². The molecule has 7 rings (SSSR count). The van der Waals surface area contributed by atoms with Crippen molar-refractivity contribution in [2.45, 2.75) is 57.5 Å². The molecule has 3 aromatic rings. The second-order valence-electron chi connectivity index (χ2n) is 11.0. The number of fused-ring (bicyclic) bond motifs is 3. The van der Waals surface area contributed by atoms with Crippen LogP contribution in [0.5, 0.6) is 17.2 Å². The van der Waals surface area contributed by atoms with Crippen molar-refractivity contribution in [1.82, 2.24) is 0 Å². The summed E-state index contributed by atoms with van der Waals surface area (Å²) >= 11 is 0. The third kappa shape index (κ3) is 4.53. The lowest BCUT2D eigenvalue weighted by Crippen LogP contribution is -2.27. The molecule has 2 saturated heterocycles. The summed E-state index contributed by atoms with van der Waals surface area (Å²) in [5.74, 6) is 1.82. The lowest BCUT2D eigenvalue weighted by molar-refractivity contribution is -0.137. The van der Waals surface area contributed by atoms with Gasteiger partial charge in [0.1, 0.15) is 30.0 Å². The average molecular weight is 529 g/mol. The fourth-order valence-electron chi connectivity index (χ4n) is 6.44. The monoisotopic (exact) mass is 528 g/mol. The Morgan fingerprint density at radius 2 is 1.95 bits per heavy atom. The Kier molecular flexibility index (Phi) is 6.21. The molecule has 0 radical (unpaired) electrons. The fourth-order valence-corrected chi connectivity index (χ4v) is 6.44. The first-order valence-corrected chi connectivity index (χ1v) is 13.8. The molecule has 39 heavy (non-hydrogen) atoms. The number of carboxylic acid groups (broad SMARTS) is 1. The highest BCUT2D eigenvalue weighted by Gasteiger charge is 2.43. The topological polar surface area (TPSA) is 83.5 Å². The molecule has 0 saturated carbocycles. The molecule has 0 spiro atoms. The van der Waals surface area contributed by atoms with Crippen LogP contribution in [0.2, 0.25) is 0 Å². The van der Waals surface area contributed by atoms with Crippen molar-refractivity contribution in [3.8, 4) is 28.4 Å². The van der Waals surface area contributed by atoms with Crippen molar-refractivity contribution in [3.05, 3.63) is 76.3 Å². The molecular formula is C32H32O7. The van der Waals surface area contributed by atoms with E-state index in [-0.39, 0.29) is 24.7 Å². The Morgan fingerprint density at radius 1 is 1.05 bits per heavy atom. The number of ether oxygens (including phenoxy) is 5. The average Bonchev–Trinajstić information content (AvgIpc) is 3.62. The molecule has 2 unspecified atom stereocenters. The van der Waals surface area contributed by atoms with Crippen LogP contribution in [0.4, 0.5) is 0 Å². The molecule has 1 aliphatic carbocycles. The largest absolute Gasteiger partial charge is 0.492 e. The molecule has 3 aliphatic heterocycles. The van der Waals surface area contributed by atoms with E-state index in [1.165, 1.54) is 27.8 Å². The molecular weight excluding hydrogens is 496 g/mol. The van der Waals surface area contributed by atoms with Crippen LogP contribution in [-0.4, -0.2) is 43.3 Å². The van der Waals surface area contributed by atoms with Gasteiger partial charge in [-0.05, 0) is 77.8 Å². The summed E-state index contributed by atoms with van der Waals surface area (Å²) in [5.41, 5.74) is 8.42. The molecule has 202 valence electrons. The lowest BCUT2D eigenvalue weighted by Gasteiger charge is -2.30. The molecule has 4 atom stereocenters. The van der Waals surface area contributed by atoms with E-state index in [1.807, 2.05) is 18.2 Å². The maximum atomic E-state index is 11.1. The summed E-state index contributed by atoms with van der Waals surface area (Å²) in [7, 11) is 0. The maximum absolute atomic E-state index is 11.1. The van der Waals surface area contributed by atoms with Crippen molar-refractivity contribution < 1.29 is 33.6 Å². The third-order valence-electron chi connectivity index (χ3n) is 8.50. The Labute approximate surface area is 227 Å². The molecule has 7 heteroatoms. The van der Waals surface area contributed by atoms with Gasteiger partial charge < -0.3 is 28.8 Å². The number of aryl methyl sites for hydroxylation is 1. The zero-order valence-electron chi connectivity index (χ0n) is 22.0. The predicted molar refractivity (Wildman–Crippen MR) is 144 cm³/mol. The van der Waals surface area contributed by atoms with E-state index in [0.29, 0.717) is 37.2 Å². The fraction of sp³-hybridized carbons (Fsp3) is 0.406. The highest BCUT2D eigenvalue weighted by molar-refractivity contribution is 5.76. The maximum Gasteiger partial charge on any atom is 0.304 e. The Hall–Kier alpha value is -3.55. The van der Waals surface area contributed by atoms with E-state index in [2.05, 4.69) is 37.3 Å². The molecule has 0 amide bonds. The Bertz CT molecular complexity index is 1430. The number of carboxylic acids is 1. The van der Waals surface area contributed by atoms with Crippen molar-refractivity contribution >= 4 is 5.97 Å². The first-order chi connectivity index (χ1) is 19.0. The molecule has 0 aromatic heterocycles. The summed E-state index contributed by atoms with van der Waals surface area (Å²) in [6.07, 6.45) is 3.10. The van der Waals surface area contributed by atoms with Gasteiger partial charge in [0.2, 0.25) is 0 Å². The number of benzene rings is 3. The van der Waals surface area contributed by atoms with Crippen LogP contribution in [-0.2, 0) is 33.7 Å². The van der Waals surface area contributed by atoms with Gasteiger partial charge in [0.25, 0.3) is 0 Å². The van der Waals surface area contributed by atoms with Crippen LogP contribution in [0, 0.1) is 12.8 Å². The van der Waals surface area contributed by atoms with Gasteiger partial charge in [-0.2, -0.15) is 0 Å². The lowest BCUT2D eigenvalue weighted by atomic mass is 9.79. The van der Waals surface area contributed by atoms with Crippen LogP contribution in [0.3, 0.4) is 0 Å². The number of rotatable bonds is 8. The minimum Gasteiger partial charge on any atom is -0.492 e. The van der Waals surface area contributed by atoms with E-state index in [1.54, 1.807) is 0 Å². The SMILES string of the molecule is Cc1cc(OC2COC3OCC[C@@H]23)c2c(c1-c1cccc(COc3ccc4c(c3)OC[C@H]4CC(=O)O)c1)CC2. The first-order valence-electron chi connectivity index (χ1n) is 13.8. The normalized spacial score (nSPS) is 24.3. The quantitative estimate of drug-likeness (QED) is 0.417. The summed E-state index contributed by atoms with van der Waals surface area (Å²) < 4.78 is 29.8. The Balaban J connectivity index is 1.07. The van der Waals surface area contributed by atoms with E-state index in [0.717, 1.165) is 42.7 Å². The van der Waals surface area contributed by atoms with Crippen molar-refractivity contribution in [2.24, 2.45) is 5.92 Å². The van der Waals surface area contributed by atoms with Crippen LogP contribution < -0.4 is 14.2 Å². The molecule has 2 fully saturated rings. The Morgan fingerprint density at radius 3 is 2.79 bits per heavy atom. The second-order valence-corrected chi connectivity index (χ2v) is 11.0. The minimum atomic E-state index is -0.815. The van der Waals surface area contributed by atoms with E-state index >= 15 is 0 Å². The molecule has 7 nitrogen and oxygen atoms in total. The van der Waals surface area contributed by atoms with E-state index < -0.39 is 5.97 Å². The van der Waals surface area contributed by atoms with Gasteiger partial charge in [-0.3, -0.25) is 4.79 Å². The predicted octanol–water partition coefficient (Wildman–Crippen LogP) is 5.43. The second kappa shape index (κ2) is 9.88. The molecule has 3 aromatic carbocycles. The number of hydrogen-bond donors (Lipinski definition) is 1. The molecule has 3 heterocycles.